The van der Waals surface area contributed by atoms with E-state index in [1.165, 1.54) is 4.90 Å². The molecular weight excluding hydrogens is 526 g/mol. The average molecular weight is 560 g/mol. The number of hydrogen-bond donors (Lipinski definition) is 2. The molecule has 1 aromatic heterocycles. The van der Waals surface area contributed by atoms with E-state index in [1.807, 2.05) is 88.4 Å². The van der Waals surface area contributed by atoms with E-state index in [-0.39, 0.29) is 24.4 Å². The molecule has 0 unspecified atom stereocenters. The minimum absolute atomic E-state index is 0.145. The molecule has 0 atom stereocenters. The minimum atomic E-state index is -0.383. The smallest absolute Gasteiger partial charge is 0.322 e. The highest BCUT2D eigenvalue weighted by Gasteiger charge is 2.23. The summed E-state index contributed by atoms with van der Waals surface area (Å²) in [5.74, 6) is 1.04. The molecule has 2 N–H and O–H groups in total. The molecule has 3 aromatic carbocycles. The molecule has 0 aliphatic carbocycles. The number of ether oxygens (including phenoxy) is 1. The maximum absolute atomic E-state index is 13.5. The first kappa shape index (κ1) is 28.7. The number of nitrogens with zero attached hydrogens (tertiary/aromatic N) is 3. The maximum atomic E-state index is 13.5. The first-order chi connectivity index (χ1) is 19.2. The first-order valence-electron chi connectivity index (χ1n) is 13.1. The Balaban J connectivity index is 1.63. The Morgan fingerprint density at radius 2 is 1.70 bits per heavy atom. The Hall–Kier alpha value is -4.30. The Kier molecular flexibility index (Phi) is 9.11. The SMILES string of the molecule is COc1ccc(-n2nc(C)c(-c3ccccc3)c2NC(=O)CN(CC(C)C)C(=O)Nc2ccc(C)c(Cl)c2)cc1. The van der Waals surface area contributed by atoms with Crippen LogP contribution in [0.4, 0.5) is 16.3 Å². The number of aromatic nitrogens is 2. The van der Waals surface area contributed by atoms with Crippen molar-refractivity contribution in [2.45, 2.75) is 27.7 Å². The van der Waals surface area contributed by atoms with Gasteiger partial charge in [0.15, 0.2) is 0 Å². The van der Waals surface area contributed by atoms with Crippen molar-refractivity contribution in [2.24, 2.45) is 5.92 Å². The van der Waals surface area contributed by atoms with Crippen molar-refractivity contribution in [3.63, 3.8) is 0 Å². The third kappa shape index (κ3) is 6.82. The van der Waals surface area contributed by atoms with Crippen molar-refractivity contribution in [1.82, 2.24) is 14.7 Å². The molecule has 208 valence electrons. The molecule has 0 fully saturated rings. The molecule has 0 saturated heterocycles. The van der Waals surface area contributed by atoms with Crippen molar-refractivity contribution in [2.75, 3.05) is 30.8 Å². The Bertz CT molecular complexity index is 1480. The van der Waals surface area contributed by atoms with E-state index in [0.717, 1.165) is 28.1 Å². The van der Waals surface area contributed by atoms with E-state index in [2.05, 4.69) is 10.6 Å². The Labute approximate surface area is 239 Å². The van der Waals surface area contributed by atoms with E-state index in [1.54, 1.807) is 23.9 Å². The van der Waals surface area contributed by atoms with Crippen LogP contribution < -0.4 is 15.4 Å². The van der Waals surface area contributed by atoms with Gasteiger partial charge in [0, 0.05) is 22.8 Å². The van der Waals surface area contributed by atoms with Crippen molar-refractivity contribution in [3.8, 4) is 22.6 Å². The number of nitrogens with one attached hydrogen (secondary N) is 2. The van der Waals surface area contributed by atoms with Gasteiger partial charge in [0.2, 0.25) is 5.91 Å². The summed E-state index contributed by atoms with van der Waals surface area (Å²) in [4.78, 5) is 28.3. The second kappa shape index (κ2) is 12.7. The fraction of sp³-hybridized carbons (Fsp3) is 0.258. The van der Waals surface area contributed by atoms with E-state index in [4.69, 9.17) is 21.4 Å². The predicted molar refractivity (Wildman–Crippen MR) is 161 cm³/mol. The molecule has 0 saturated carbocycles. The number of amides is 3. The van der Waals surface area contributed by atoms with Gasteiger partial charge in [0.25, 0.3) is 0 Å². The van der Waals surface area contributed by atoms with Gasteiger partial charge in [-0.15, -0.1) is 0 Å². The van der Waals surface area contributed by atoms with Gasteiger partial charge >= 0.3 is 6.03 Å². The van der Waals surface area contributed by atoms with Crippen LogP contribution in [0.1, 0.15) is 25.1 Å². The molecule has 0 bridgehead atoms. The monoisotopic (exact) mass is 559 g/mol. The molecule has 3 amide bonds. The summed E-state index contributed by atoms with van der Waals surface area (Å²) in [5.41, 5.74) is 4.71. The summed E-state index contributed by atoms with van der Waals surface area (Å²) >= 11 is 6.24. The van der Waals surface area contributed by atoms with Gasteiger partial charge in [-0.3, -0.25) is 4.79 Å². The summed E-state index contributed by atoms with van der Waals surface area (Å²) in [7, 11) is 1.61. The van der Waals surface area contributed by atoms with Crippen molar-refractivity contribution in [3.05, 3.63) is 89.1 Å². The zero-order chi connectivity index (χ0) is 28.8. The lowest BCUT2D eigenvalue weighted by molar-refractivity contribution is -0.116. The van der Waals surface area contributed by atoms with E-state index < -0.39 is 0 Å². The number of carbonyl (C=O) groups excluding carboxylic acids is 2. The third-order valence-corrected chi connectivity index (χ3v) is 6.74. The minimum Gasteiger partial charge on any atom is -0.497 e. The summed E-state index contributed by atoms with van der Waals surface area (Å²) in [6, 6.07) is 22.1. The molecule has 0 aliphatic heterocycles. The summed E-state index contributed by atoms with van der Waals surface area (Å²) in [6.07, 6.45) is 0. The standard InChI is InChI=1S/C31H34ClN5O3/c1-20(2)18-36(31(39)33-24-12-11-21(3)27(32)17-24)19-28(38)34-30-29(23-9-7-6-8-10-23)22(4)35-37(30)25-13-15-26(40-5)16-14-25/h6-17,20H,18-19H2,1-5H3,(H,33,39)(H,34,38). The lowest BCUT2D eigenvalue weighted by Gasteiger charge is -2.25. The third-order valence-electron chi connectivity index (χ3n) is 6.33. The molecule has 4 rings (SSSR count). The highest BCUT2D eigenvalue weighted by atomic mass is 35.5. The van der Waals surface area contributed by atoms with Gasteiger partial charge in [0.1, 0.15) is 18.1 Å². The Morgan fingerprint density at radius 1 is 1.00 bits per heavy atom. The zero-order valence-corrected chi connectivity index (χ0v) is 24.1. The fourth-order valence-electron chi connectivity index (χ4n) is 4.38. The van der Waals surface area contributed by atoms with E-state index in [9.17, 15) is 9.59 Å². The van der Waals surface area contributed by atoms with Gasteiger partial charge in [-0.25, -0.2) is 9.48 Å². The number of methoxy groups -OCH3 is 1. The lowest BCUT2D eigenvalue weighted by atomic mass is 10.1. The van der Waals surface area contributed by atoms with Crippen LogP contribution in [0.3, 0.4) is 0 Å². The quantitative estimate of drug-likeness (QED) is 0.232. The Morgan fingerprint density at radius 3 is 2.33 bits per heavy atom. The number of benzene rings is 3. The van der Waals surface area contributed by atoms with Gasteiger partial charge in [-0.1, -0.05) is 61.8 Å². The van der Waals surface area contributed by atoms with Gasteiger partial charge in [-0.05, 0) is 67.3 Å². The average Bonchev–Trinajstić information content (AvgIpc) is 3.25. The van der Waals surface area contributed by atoms with Crippen LogP contribution in [-0.2, 0) is 4.79 Å². The van der Waals surface area contributed by atoms with Crippen LogP contribution in [0.15, 0.2) is 72.8 Å². The van der Waals surface area contributed by atoms with Gasteiger partial charge < -0.3 is 20.3 Å². The van der Waals surface area contributed by atoms with Crippen LogP contribution in [0.5, 0.6) is 5.75 Å². The number of anilines is 2. The number of hydrogen-bond acceptors (Lipinski definition) is 4. The number of carbonyl (C=O) groups is 2. The normalized spacial score (nSPS) is 10.9. The first-order valence-corrected chi connectivity index (χ1v) is 13.5. The zero-order valence-electron chi connectivity index (χ0n) is 23.4. The second-order valence-electron chi connectivity index (χ2n) is 10.0. The van der Waals surface area contributed by atoms with Crippen LogP contribution in [-0.4, -0.2) is 46.8 Å². The van der Waals surface area contributed by atoms with Crippen molar-refractivity contribution in [1.29, 1.82) is 0 Å². The van der Waals surface area contributed by atoms with Crippen LogP contribution in [0.25, 0.3) is 16.8 Å². The lowest BCUT2D eigenvalue weighted by Crippen LogP contribution is -2.42. The van der Waals surface area contributed by atoms with E-state index in [0.29, 0.717) is 28.8 Å². The van der Waals surface area contributed by atoms with Crippen LogP contribution in [0.2, 0.25) is 5.02 Å². The number of rotatable bonds is 9. The molecular formula is C31H34ClN5O3. The molecule has 1 heterocycles. The predicted octanol–water partition coefficient (Wildman–Crippen LogP) is 6.95. The number of urea groups is 1. The molecule has 8 nitrogen and oxygen atoms in total. The largest absolute Gasteiger partial charge is 0.497 e. The molecule has 40 heavy (non-hydrogen) atoms. The highest BCUT2D eigenvalue weighted by molar-refractivity contribution is 6.31. The molecule has 0 aliphatic rings. The van der Waals surface area contributed by atoms with Crippen LogP contribution in [0, 0.1) is 19.8 Å². The van der Waals surface area contributed by atoms with Crippen molar-refractivity contribution < 1.29 is 14.3 Å². The van der Waals surface area contributed by atoms with Crippen molar-refractivity contribution >= 4 is 35.0 Å². The molecule has 9 heteroatoms. The van der Waals surface area contributed by atoms with Gasteiger partial charge in [-0.2, -0.15) is 5.10 Å². The molecule has 0 spiro atoms. The summed E-state index contributed by atoms with van der Waals surface area (Å²) in [6.45, 7) is 8.04. The van der Waals surface area contributed by atoms with E-state index >= 15 is 0 Å². The molecule has 4 aromatic rings. The fourth-order valence-corrected chi connectivity index (χ4v) is 4.56. The number of aryl methyl sites for hydroxylation is 2. The van der Waals surface area contributed by atoms with Crippen LogP contribution >= 0.6 is 11.6 Å². The topological polar surface area (TPSA) is 88.5 Å². The molecule has 0 radical (unpaired) electrons. The summed E-state index contributed by atoms with van der Waals surface area (Å²) in [5, 5.41) is 11.2. The summed E-state index contributed by atoms with van der Waals surface area (Å²) < 4.78 is 7.01. The maximum Gasteiger partial charge on any atom is 0.322 e. The van der Waals surface area contributed by atoms with Gasteiger partial charge in [0.05, 0.1) is 18.5 Å². The number of halogens is 1. The highest BCUT2D eigenvalue weighted by Crippen LogP contribution is 2.33. The second-order valence-corrected chi connectivity index (χ2v) is 10.4.